The van der Waals surface area contributed by atoms with Crippen molar-refractivity contribution in [2.24, 2.45) is 0 Å². The Kier molecular flexibility index (Phi) is 4.45. The van der Waals surface area contributed by atoms with Crippen molar-refractivity contribution >= 4 is 34.2 Å². The summed E-state index contributed by atoms with van der Waals surface area (Å²) in [5.74, 6) is -0.104. The first-order valence-corrected chi connectivity index (χ1v) is 6.45. The standard InChI is InChI=1S/C10H12ClNO2S/c1-12-9-5-7(11)3-4-8(9)10(13)6-15(2)14/h3-5,12H,6H2,1-2H3. The topological polar surface area (TPSA) is 52.2 Å². The average molecular weight is 246 g/mol. The fourth-order valence-corrected chi connectivity index (χ4v) is 1.93. The van der Waals surface area contributed by atoms with Gasteiger partial charge in [-0.1, -0.05) is 11.6 Å². The maximum atomic E-state index is 11.7. The van der Waals surface area contributed by atoms with Gasteiger partial charge in [-0.15, -0.1) is 0 Å². The summed E-state index contributed by atoms with van der Waals surface area (Å²) in [6, 6.07) is 4.96. The molecule has 1 aromatic rings. The molecular formula is C10H12ClNO2S. The highest BCUT2D eigenvalue weighted by Gasteiger charge is 2.15. The van der Waals surface area contributed by atoms with E-state index in [0.717, 1.165) is 0 Å². The third-order valence-electron chi connectivity index (χ3n) is 1.89. The van der Waals surface area contributed by atoms with E-state index in [1.807, 2.05) is 0 Å². The molecule has 0 aromatic heterocycles. The van der Waals surface area contributed by atoms with Crippen LogP contribution in [-0.4, -0.2) is 29.4 Å². The second-order valence-electron chi connectivity index (χ2n) is 3.08. The largest absolute Gasteiger partial charge is 0.616 e. The van der Waals surface area contributed by atoms with Crippen LogP contribution < -0.4 is 5.32 Å². The van der Waals surface area contributed by atoms with E-state index in [0.29, 0.717) is 16.3 Å². The van der Waals surface area contributed by atoms with Crippen LogP contribution in [0, 0.1) is 0 Å². The van der Waals surface area contributed by atoms with Gasteiger partial charge in [0, 0.05) is 23.3 Å². The van der Waals surface area contributed by atoms with Crippen LogP contribution in [0.5, 0.6) is 0 Å². The minimum atomic E-state index is -1.12. The quantitative estimate of drug-likeness (QED) is 0.652. The summed E-state index contributed by atoms with van der Waals surface area (Å²) in [5.41, 5.74) is 1.19. The third kappa shape index (κ3) is 3.41. The average Bonchev–Trinajstić information content (AvgIpc) is 2.16. The molecule has 5 heteroatoms. The molecule has 15 heavy (non-hydrogen) atoms. The SMILES string of the molecule is CNc1cc(Cl)ccc1C(=O)C[S+](C)[O-]. The fraction of sp³-hybridized carbons (Fsp3) is 0.300. The third-order valence-corrected chi connectivity index (χ3v) is 2.79. The van der Waals surface area contributed by atoms with E-state index in [4.69, 9.17) is 11.6 Å². The summed E-state index contributed by atoms with van der Waals surface area (Å²) in [4.78, 5) is 11.7. The number of rotatable bonds is 4. The number of benzene rings is 1. The van der Waals surface area contributed by atoms with Crippen molar-refractivity contribution in [3.05, 3.63) is 28.8 Å². The molecule has 82 valence electrons. The molecule has 1 unspecified atom stereocenters. The van der Waals surface area contributed by atoms with Crippen LogP contribution in [0.1, 0.15) is 10.4 Å². The van der Waals surface area contributed by atoms with Crippen LogP contribution in [0.15, 0.2) is 18.2 Å². The zero-order valence-corrected chi connectivity index (χ0v) is 10.1. The van der Waals surface area contributed by atoms with Crippen molar-refractivity contribution in [1.29, 1.82) is 0 Å². The molecule has 1 rings (SSSR count). The van der Waals surface area contributed by atoms with Gasteiger partial charge in [-0.2, -0.15) is 0 Å². The molecule has 0 saturated heterocycles. The van der Waals surface area contributed by atoms with Gasteiger partial charge >= 0.3 is 0 Å². The zero-order chi connectivity index (χ0) is 11.4. The minimum Gasteiger partial charge on any atom is -0.616 e. The monoisotopic (exact) mass is 245 g/mol. The molecule has 0 radical (unpaired) electrons. The Bertz CT molecular complexity index is 368. The summed E-state index contributed by atoms with van der Waals surface area (Å²) in [7, 11) is 1.71. The van der Waals surface area contributed by atoms with Gasteiger partial charge in [0.1, 0.15) is 0 Å². The molecule has 0 amide bonds. The summed E-state index contributed by atoms with van der Waals surface area (Å²) in [6.45, 7) is 0. The first-order valence-electron chi connectivity index (χ1n) is 4.35. The lowest BCUT2D eigenvalue weighted by atomic mass is 10.1. The first kappa shape index (κ1) is 12.4. The number of nitrogens with one attached hydrogen (secondary N) is 1. The molecular weight excluding hydrogens is 234 g/mol. The molecule has 0 spiro atoms. The van der Waals surface area contributed by atoms with Crippen LogP contribution in [0.3, 0.4) is 0 Å². The van der Waals surface area contributed by atoms with Crippen molar-refractivity contribution in [2.45, 2.75) is 0 Å². The molecule has 1 N–H and O–H groups in total. The van der Waals surface area contributed by atoms with E-state index in [-0.39, 0.29) is 11.5 Å². The summed E-state index contributed by atoms with van der Waals surface area (Å²) >= 11 is 4.67. The van der Waals surface area contributed by atoms with Gasteiger partial charge in [0.15, 0.2) is 5.75 Å². The van der Waals surface area contributed by atoms with E-state index >= 15 is 0 Å². The predicted octanol–water partition coefficient (Wildman–Crippen LogP) is 1.94. The normalized spacial score (nSPS) is 12.3. The Balaban J connectivity index is 2.97. The lowest BCUT2D eigenvalue weighted by molar-refractivity contribution is 0.102. The van der Waals surface area contributed by atoms with Crippen LogP contribution in [0.2, 0.25) is 5.02 Å². The Morgan fingerprint density at radius 1 is 1.60 bits per heavy atom. The number of ketones is 1. The number of hydrogen-bond acceptors (Lipinski definition) is 3. The maximum Gasteiger partial charge on any atom is 0.213 e. The lowest BCUT2D eigenvalue weighted by Crippen LogP contribution is -2.15. The highest BCUT2D eigenvalue weighted by atomic mass is 35.5. The first-order chi connectivity index (χ1) is 7.04. The van der Waals surface area contributed by atoms with E-state index in [2.05, 4.69) is 5.32 Å². The van der Waals surface area contributed by atoms with Crippen LogP contribution >= 0.6 is 11.6 Å². The smallest absolute Gasteiger partial charge is 0.213 e. The molecule has 0 aliphatic rings. The van der Waals surface area contributed by atoms with Gasteiger partial charge < -0.3 is 9.87 Å². The molecule has 0 heterocycles. The molecule has 3 nitrogen and oxygen atoms in total. The van der Waals surface area contributed by atoms with Crippen molar-refractivity contribution in [2.75, 3.05) is 24.4 Å². The van der Waals surface area contributed by atoms with Gasteiger partial charge in [0.25, 0.3) is 0 Å². The minimum absolute atomic E-state index is 0.0380. The van der Waals surface area contributed by atoms with Gasteiger partial charge in [-0.3, -0.25) is 4.79 Å². The Morgan fingerprint density at radius 2 is 2.27 bits per heavy atom. The van der Waals surface area contributed by atoms with Crippen molar-refractivity contribution in [3.8, 4) is 0 Å². The molecule has 0 aliphatic carbocycles. The highest BCUT2D eigenvalue weighted by molar-refractivity contribution is 7.91. The summed E-state index contributed by atoms with van der Waals surface area (Å²) in [6.07, 6.45) is 1.51. The Hall–Kier alpha value is -0.710. The zero-order valence-electron chi connectivity index (χ0n) is 8.54. The summed E-state index contributed by atoms with van der Waals surface area (Å²) < 4.78 is 10.9. The van der Waals surface area contributed by atoms with Gasteiger partial charge in [-0.05, 0) is 29.4 Å². The van der Waals surface area contributed by atoms with Crippen LogP contribution in [-0.2, 0) is 11.2 Å². The van der Waals surface area contributed by atoms with E-state index < -0.39 is 11.2 Å². The number of Topliss-reactive ketones (excluding diaryl/α,β-unsaturated/α-hetero) is 1. The molecule has 0 bridgehead atoms. The second-order valence-corrected chi connectivity index (χ2v) is 4.95. The van der Waals surface area contributed by atoms with Crippen molar-refractivity contribution in [3.63, 3.8) is 0 Å². The number of hydrogen-bond donors (Lipinski definition) is 1. The molecule has 1 atom stereocenters. The van der Waals surface area contributed by atoms with Crippen molar-refractivity contribution < 1.29 is 9.35 Å². The van der Waals surface area contributed by atoms with Gasteiger partial charge in [0.05, 0.1) is 6.26 Å². The fourth-order valence-electron chi connectivity index (χ4n) is 1.23. The van der Waals surface area contributed by atoms with Gasteiger partial charge in [0.2, 0.25) is 5.78 Å². The Morgan fingerprint density at radius 3 is 2.80 bits per heavy atom. The van der Waals surface area contributed by atoms with Crippen LogP contribution in [0.4, 0.5) is 5.69 Å². The van der Waals surface area contributed by atoms with Gasteiger partial charge in [-0.25, -0.2) is 0 Å². The number of halogens is 1. The Labute approximate surface area is 97.0 Å². The van der Waals surface area contributed by atoms with E-state index in [1.54, 1.807) is 25.2 Å². The highest BCUT2D eigenvalue weighted by Crippen LogP contribution is 2.21. The number of carbonyl (C=O) groups is 1. The molecule has 1 aromatic carbocycles. The number of anilines is 1. The maximum absolute atomic E-state index is 11.7. The van der Waals surface area contributed by atoms with Crippen molar-refractivity contribution in [1.82, 2.24) is 0 Å². The second kappa shape index (κ2) is 5.39. The molecule has 0 saturated carbocycles. The predicted molar refractivity (Wildman–Crippen MR) is 64.3 cm³/mol. The van der Waals surface area contributed by atoms with Crippen LogP contribution in [0.25, 0.3) is 0 Å². The lowest BCUT2D eigenvalue weighted by Gasteiger charge is -2.09. The van der Waals surface area contributed by atoms with E-state index in [9.17, 15) is 9.35 Å². The molecule has 0 fully saturated rings. The number of carbonyl (C=O) groups excluding carboxylic acids is 1. The summed E-state index contributed by atoms with van der Waals surface area (Å²) in [5, 5.41) is 3.45. The molecule has 0 aliphatic heterocycles. The van der Waals surface area contributed by atoms with E-state index in [1.165, 1.54) is 6.26 Å².